The number of anilines is 1. The van der Waals surface area contributed by atoms with Crippen LogP contribution in [0.5, 0.6) is 0 Å². The molecule has 0 amide bonds. The predicted octanol–water partition coefficient (Wildman–Crippen LogP) is 1.34. The van der Waals surface area contributed by atoms with Crippen molar-refractivity contribution >= 4 is 15.7 Å². The van der Waals surface area contributed by atoms with Crippen molar-refractivity contribution in [3.05, 3.63) is 41.2 Å². The van der Waals surface area contributed by atoms with Crippen molar-refractivity contribution in [2.45, 2.75) is 31.7 Å². The molecule has 0 saturated carbocycles. The molecular weight excluding hydrogens is 276 g/mol. The second-order valence-corrected chi connectivity index (χ2v) is 6.33. The van der Waals surface area contributed by atoms with Gasteiger partial charge in [-0.15, -0.1) is 0 Å². The van der Waals surface area contributed by atoms with E-state index in [1.165, 1.54) is 6.07 Å². The summed E-state index contributed by atoms with van der Waals surface area (Å²) in [5.41, 5.74) is 8.92. The van der Waals surface area contributed by atoms with Crippen molar-refractivity contribution in [2.24, 2.45) is 0 Å². The highest BCUT2D eigenvalue weighted by atomic mass is 32.2. The number of benzene rings is 1. The number of aryl methyl sites for hydroxylation is 2. The number of sulfonamides is 1. The molecule has 2 aromatic rings. The average molecular weight is 294 g/mol. The Labute approximate surface area is 118 Å². The van der Waals surface area contributed by atoms with Crippen LogP contribution in [0.3, 0.4) is 0 Å². The molecule has 20 heavy (non-hydrogen) atoms. The lowest BCUT2D eigenvalue weighted by atomic mass is 10.1. The third-order valence-corrected chi connectivity index (χ3v) is 4.59. The average Bonchev–Trinajstić information content (AvgIpc) is 2.82. The maximum atomic E-state index is 12.2. The quantitative estimate of drug-likeness (QED) is 0.724. The third-order valence-electron chi connectivity index (χ3n) is 3.20. The molecule has 0 spiro atoms. The van der Waals surface area contributed by atoms with Crippen LogP contribution < -0.4 is 10.5 Å². The number of hydrogen-bond donors (Lipinski definition) is 3. The van der Waals surface area contributed by atoms with E-state index in [4.69, 9.17) is 5.73 Å². The number of nitrogens with zero attached hydrogens (tertiary/aromatic N) is 1. The Balaban J connectivity index is 2.18. The van der Waals surface area contributed by atoms with Crippen LogP contribution in [0.25, 0.3) is 0 Å². The van der Waals surface area contributed by atoms with Crippen molar-refractivity contribution in [2.75, 3.05) is 5.73 Å². The van der Waals surface area contributed by atoms with Crippen LogP contribution in [0.1, 0.15) is 23.7 Å². The van der Waals surface area contributed by atoms with Crippen LogP contribution in [0.15, 0.2) is 29.3 Å². The van der Waals surface area contributed by atoms with Crippen molar-refractivity contribution in [1.29, 1.82) is 0 Å². The Morgan fingerprint density at radius 2 is 2.10 bits per heavy atom. The number of nitrogens with one attached hydrogen (secondary N) is 2. The van der Waals surface area contributed by atoms with E-state index in [1.807, 2.05) is 13.8 Å². The minimum atomic E-state index is -3.57. The van der Waals surface area contributed by atoms with E-state index in [9.17, 15) is 8.42 Å². The van der Waals surface area contributed by atoms with E-state index >= 15 is 0 Å². The Kier molecular flexibility index (Phi) is 4.10. The van der Waals surface area contributed by atoms with Crippen LogP contribution >= 0.6 is 0 Å². The van der Waals surface area contributed by atoms with E-state index in [2.05, 4.69) is 14.9 Å². The van der Waals surface area contributed by atoms with Gasteiger partial charge in [-0.25, -0.2) is 13.1 Å². The summed E-state index contributed by atoms with van der Waals surface area (Å²) in [7, 11) is -3.57. The van der Waals surface area contributed by atoms with Gasteiger partial charge in [0, 0.05) is 23.5 Å². The summed E-state index contributed by atoms with van der Waals surface area (Å²) in [5.74, 6) is 0. The first kappa shape index (κ1) is 14.5. The van der Waals surface area contributed by atoms with E-state index in [0.717, 1.165) is 23.2 Å². The van der Waals surface area contributed by atoms with Gasteiger partial charge in [0.1, 0.15) is 0 Å². The van der Waals surface area contributed by atoms with Crippen LogP contribution in [0, 0.1) is 6.92 Å². The fraction of sp³-hybridized carbons (Fsp3) is 0.308. The summed E-state index contributed by atoms with van der Waals surface area (Å²) in [6, 6.07) is 4.80. The van der Waals surface area contributed by atoms with Gasteiger partial charge in [0.25, 0.3) is 0 Å². The zero-order valence-corrected chi connectivity index (χ0v) is 12.3. The molecule has 0 fully saturated rings. The second kappa shape index (κ2) is 5.64. The first-order valence-corrected chi connectivity index (χ1v) is 7.79. The van der Waals surface area contributed by atoms with Crippen molar-refractivity contribution in [3.8, 4) is 0 Å². The topological polar surface area (TPSA) is 101 Å². The maximum Gasteiger partial charge on any atom is 0.240 e. The first-order valence-electron chi connectivity index (χ1n) is 6.31. The molecule has 1 aromatic heterocycles. The van der Waals surface area contributed by atoms with E-state index in [-0.39, 0.29) is 11.4 Å². The van der Waals surface area contributed by atoms with Crippen LogP contribution in [-0.2, 0) is 23.0 Å². The molecule has 0 atom stereocenters. The van der Waals surface area contributed by atoms with Gasteiger partial charge >= 0.3 is 0 Å². The normalized spacial score (nSPS) is 11.7. The maximum absolute atomic E-state index is 12.2. The number of nitrogens with two attached hydrogens (primary N) is 1. The molecule has 1 heterocycles. The summed E-state index contributed by atoms with van der Waals surface area (Å²) in [4.78, 5) is 0.174. The molecule has 108 valence electrons. The van der Waals surface area contributed by atoms with Gasteiger partial charge in [-0.1, -0.05) is 13.0 Å². The van der Waals surface area contributed by atoms with Crippen LogP contribution in [0.4, 0.5) is 5.69 Å². The molecule has 6 nitrogen and oxygen atoms in total. The van der Waals surface area contributed by atoms with E-state index < -0.39 is 10.0 Å². The summed E-state index contributed by atoms with van der Waals surface area (Å²) >= 11 is 0. The summed E-state index contributed by atoms with van der Waals surface area (Å²) in [5, 5.41) is 6.62. The molecule has 0 unspecified atom stereocenters. The lowest BCUT2D eigenvalue weighted by Crippen LogP contribution is -2.23. The standard InChI is InChI=1S/C13H18N4O2S/c1-3-10-4-5-12(6-13(10)14)20(18,19)16-8-11-7-15-17-9(11)2/h4-7,16H,3,8,14H2,1-2H3,(H,15,17). The fourth-order valence-electron chi connectivity index (χ4n) is 1.87. The van der Waals surface area contributed by atoms with E-state index in [1.54, 1.807) is 18.3 Å². The Morgan fingerprint density at radius 1 is 1.35 bits per heavy atom. The van der Waals surface area contributed by atoms with Crippen molar-refractivity contribution in [1.82, 2.24) is 14.9 Å². The molecule has 0 saturated heterocycles. The number of aromatic nitrogens is 2. The van der Waals surface area contributed by atoms with Gasteiger partial charge in [-0.2, -0.15) is 5.10 Å². The number of nitrogen functional groups attached to an aromatic ring is 1. The lowest BCUT2D eigenvalue weighted by molar-refractivity contribution is 0.581. The zero-order valence-electron chi connectivity index (χ0n) is 11.5. The second-order valence-electron chi connectivity index (χ2n) is 4.56. The van der Waals surface area contributed by atoms with Gasteiger partial charge in [0.2, 0.25) is 10.0 Å². The summed E-state index contributed by atoms with van der Waals surface area (Å²) < 4.78 is 26.9. The fourth-order valence-corrected chi connectivity index (χ4v) is 2.91. The van der Waals surface area contributed by atoms with Crippen molar-refractivity contribution in [3.63, 3.8) is 0 Å². The Morgan fingerprint density at radius 3 is 2.65 bits per heavy atom. The molecule has 0 aliphatic heterocycles. The molecule has 0 radical (unpaired) electrons. The van der Waals surface area contributed by atoms with Gasteiger partial charge in [-0.05, 0) is 31.0 Å². The van der Waals surface area contributed by atoms with Crippen LogP contribution in [-0.4, -0.2) is 18.6 Å². The number of aromatic amines is 1. The molecule has 2 rings (SSSR count). The smallest absolute Gasteiger partial charge is 0.240 e. The van der Waals surface area contributed by atoms with Gasteiger partial charge < -0.3 is 5.73 Å². The van der Waals surface area contributed by atoms with Crippen LogP contribution in [0.2, 0.25) is 0 Å². The molecule has 4 N–H and O–H groups in total. The number of hydrogen-bond acceptors (Lipinski definition) is 4. The highest BCUT2D eigenvalue weighted by Crippen LogP contribution is 2.18. The molecule has 0 aliphatic carbocycles. The molecule has 7 heteroatoms. The van der Waals surface area contributed by atoms with Gasteiger partial charge in [0.05, 0.1) is 11.1 Å². The highest BCUT2D eigenvalue weighted by molar-refractivity contribution is 7.89. The predicted molar refractivity (Wildman–Crippen MR) is 77.6 cm³/mol. The van der Waals surface area contributed by atoms with E-state index in [0.29, 0.717) is 5.69 Å². The zero-order chi connectivity index (χ0) is 14.8. The van der Waals surface area contributed by atoms with Crippen molar-refractivity contribution < 1.29 is 8.42 Å². The monoisotopic (exact) mass is 294 g/mol. The first-order chi connectivity index (χ1) is 9.44. The summed E-state index contributed by atoms with van der Waals surface area (Å²) in [6.07, 6.45) is 2.38. The minimum Gasteiger partial charge on any atom is -0.398 e. The lowest BCUT2D eigenvalue weighted by Gasteiger charge is -2.09. The molecular formula is C13H18N4O2S. The minimum absolute atomic E-state index is 0.174. The Hall–Kier alpha value is -1.86. The largest absolute Gasteiger partial charge is 0.398 e. The number of rotatable bonds is 5. The molecule has 0 aliphatic rings. The van der Waals surface area contributed by atoms with Gasteiger partial charge in [-0.3, -0.25) is 5.10 Å². The number of H-pyrrole nitrogens is 1. The third kappa shape index (κ3) is 3.00. The van der Waals surface area contributed by atoms with Gasteiger partial charge in [0.15, 0.2) is 0 Å². The highest BCUT2D eigenvalue weighted by Gasteiger charge is 2.15. The summed E-state index contributed by atoms with van der Waals surface area (Å²) in [6.45, 7) is 4.00. The molecule has 1 aromatic carbocycles. The molecule has 0 bridgehead atoms. The Bertz CT molecular complexity index is 707. The SMILES string of the molecule is CCc1ccc(S(=O)(=O)NCc2cn[nH]c2C)cc1N.